The molecule has 2 atom stereocenters. The van der Waals surface area contributed by atoms with Gasteiger partial charge >= 0.3 is 5.97 Å². The van der Waals surface area contributed by atoms with E-state index in [9.17, 15) is 23.1 Å². The summed E-state index contributed by atoms with van der Waals surface area (Å²) in [5, 5.41) is 12.5. The maximum absolute atomic E-state index is 12.9. The molecule has 12 heteroatoms. The van der Waals surface area contributed by atoms with Gasteiger partial charge < -0.3 is 25.6 Å². The number of fused-ring (bicyclic) bond motifs is 1. The highest BCUT2D eigenvalue weighted by atomic mass is 35.5. The van der Waals surface area contributed by atoms with Gasteiger partial charge in [0.15, 0.2) is 6.10 Å². The second kappa shape index (κ2) is 10.4. The Morgan fingerprint density at radius 3 is 2.76 bits per heavy atom. The quantitative estimate of drug-likeness (QED) is 0.386. The fraction of sp³-hybridized carbons (Fsp3) is 0.333. The molecular weight excluding hydrogens is 474 g/mol. The minimum atomic E-state index is -4.28. The molecule has 1 heterocycles. The summed E-state index contributed by atoms with van der Waals surface area (Å²) in [6, 6.07) is 7.28. The third-order valence-electron chi connectivity index (χ3n) is 4.98. The van der Waals surface area contributed by atoms with E-state index in [0.29, 0.717) is 36.4 Å². The van der Waals surface area contributed by atoms with Crippen molar-refractivity contribution in [2.24, 2.45) is 5.73 Å². The molecule has 0 saturated heterocycles. The summed E-state index contributed by atoms with van der Waals surface area (Å²) in [7, 11) is -2.98. The molecule has 0 radical (unpaired) electrons. The van der Waals surface area contributed by atoms with Crippen LogP contribution < -0.4 is 25.2 Å². The molecule has 2 aromatic carbocycles. The van der Waals surface area contributed by atoms with Gasteiger partial charge in [0.1, 0.15) is 22.4 Å². The van der Waals surface area contributed by atoms with Crippen molar-refractivity contribution in [3.8, 4) is 11.5 Å². The molecule has 0 saturated carbocycles. The number of rotatable bonds is 10. The van der Waals surface area contributed by atoms with E-state index in [2.05, 4.69) is 10.0 Å². The first kappa shape index (κ1) is 24.8. The zero-order valence-electron chi connectivity index (χ0n) is 17.7. The van der Waals surface area contributed by atoms with Gasteiger partial charge in [0.25, 0.3) is 5.91 Å². The number of hydrogen-bond donors (Lipinski definition) is 4. The van der Waals surface area contributed by atoms with Gasteiger partial charge in [-0.3, -0.25) is 9.59 Å². The standard InChI is InChI=1S/C21H24ClN3O7S/c1-31-17-7-5-13(22)11-19(17)33(29,30)25-15(21(27)28)10-12-4-6-16-14(9-12)24-20(26)18(32-16)3-2-8-23/h4-7,9,11,15,18,25H,2-3,8,10,23H2,1H3,(H,24,26)(H,27,28)/t15-,18+/m0/s1. The van der Waals surface area contributed by atoms with E-state index < -0.39 is 28.1 Å². The van der Waals surface area contributed by atoms with Crippen molar-refractivity contribution in [1.29, 1.82) is 0 Å². The average Bonchev–Trinajstić information content (AvgIpc) is 2.77. The summed E-state index contributed by atoms with van der Waals surface area (Å²) in [6.07, 6.45) is 0.262. The van der Waals surface area contributed by atoms with Crippen LogP contribution in [0, 0.1) is 0 Å². The second-order valence-corrected chi connectivity index (χ2v) is 9.49. The van der Waals surface area contributed by atoms with E-state index in [0.717, 1.165) is 0 Å². The number of benzene rings is 2. The van der Waals surface area contributed by atoms with Gasteiger partial charge in [-0.25, -0.2) is 8.42 Å². The van der Waals surface area contributed by atoms with Gasteiger partial charge in [-0.1, -0.05) is 17.7 Å². The first-order chi connectivity index (χ1) is 15.6. The van der Waals surface area contributed by atoms with Crippen molar-refractivity contribution in [3.63, 3.8) is 0 Å². The highest BCUT2D eigenvalue weighted by molar-refractivity contribution is 7.89. The number of aliphatic carboxylic acids is 1. The molecule has 0 bridgehead atoms. The van der Waals surface area contributed by atoms with Crippen molar-refractivity contribution in [1.82, 2.24) is 4.72 Å². The Bertz CT molecular complexity index is 1160. The molecule has 2 aromatic rings. The zero-order chi connectivity index (χ0) is 24.2. The molecule has 1 aliphatic heterocycles. The zero-order valence-corrected chi connectivity index (χ0v) is 19.3. The summed E-state index contributed by atoms with van der Waals surface area (Å²) < 4.78 is 38.7. The molecule has 1 amide bonds. The number of hydrogen-bond acceptors (Lipinski definition) is 7. The SMILES string of the molecule is COc1ccc(Cl)cc1S(=O)(=O)N[C@@H](Cc1ccc2c(c1)NC(=O)[C@@H](CCCN)O2)C(=O)O. The van der Waals surface area contributed by atoms with E-state index in [4.69, 9.17) is 26.8 Å². The lowest BCUT2D eigenvalue weighted by Gasteiger charge is -2.26. The smallest absolute Gasteiger partial charge is 0.322 e. The van der Waals surface area contributed by atoms with Crippen molar-refractivity contribution < 1.29 is 32.6 Å². The number of nitrogens with two attached hydrogens (primary N) is 1. The summed E-state index contributed by atoms with van der Waals surface area (Å²) in [4.78, 5) is 23.8. The molecule has 178 valence electrons. The van der Waals surface area contributed by atoms with Crippen LogP contribution in [0.3, 0.4) is 0 Å². The van der Waals surface area contributed by atoms with E-state index in [1.54, 1.807) is 18.2 Å². The number of halogens is 1. The molecule has 0 aromatic heterocycles. The number of ether oxygens (including phenoxy) is 2. The molecule has 0 unspecified atom stereocenters. The summed E-state index contributed by atoms with van der Waals surface area (Å²) in [6.45, 7) is 0.437. The van der Waals surface area contributed by atoms with Crippen LogP contribution in [0.15, 0.2) is 41.3 Å². The van der Waals surface area contributed by atoms with Crippen molar-refractivity contribution in [3.05, 3.63) is 47.0 Å². The van der Waals surface area contributed by atoms with Crippen LogP contribution in [-0.4, -0.2) is 51.2 Å². The third kappa shape index (κ3) is 5.93. The first-order valence-corrected chi connectivity index (χ1v) is 11.9. The highest BCUT2D eigenvalue weighted by Gasteiger charge is 2.30. The molecule has 10 nitrogen and oxygen atoms in total. The minimum absolute atomic E-state index is 0.0221. The lowest BCUT2D eigenvalue weighted by atomic mass is 10.0. The van der Waals surface area contributed by atoms with Crippen LogP contribution in [-0.2, 0) is 26.0 Å². The number of sulfonamides is 1. The highest BCUT2D eigenvalue weighted by Crippen LogP contribution is 2.32. The third-order valence-corrected chi connectivity index (χ3v) is 6.71. The normalized spacial score (nSPS) is 16.3. The summed E-state index contributed by atoms with van der Waals surface area (Å²) >= 11 is 5.91. The molecule has 1 aliphatic rings. The molecular formula is C21H24ClN3O7S. The molecule has 5 N–H and O–H groups in total. The van der Waals surface area contributed by atoms with E-state index in [-0.39, 0.29) is 28.0 Å². The number of nitrogens with one attached hydrogen (secondary N) is 2. The minimum Gasteiger partial charge on any atom is -0.495 e. The van der Waals surface area contributed by atoms with Gasteiger partial charge in [0, 0.05) is 5.02 Å². The predicted molar refractivity (Wildman–Crippen MR) is 121 cm³/mol. The van der Waals surface area contributed by atoms with Gasteiger partial charge in [-0.15, -0.1) is 0 Å². The van der Waals surface area contributed by atoms with Crippen molar-refractivity contribution in [2.45, 2.75) is 36.3 Å². The number of carbonyl (C=O) groups excluding carboxylic acids is 1. The van der Waals surface area contributed by atoms with Crippen LogP contribution >= 0.6 is 11.6 Å². The summed E-state index contributed by atoms with van der Waals surface area (Å²) in [5.41, 5.74) is 6.34. The van der Waals surface area contributed by atoms with Crippen LogP contribution in [0.4, 0.5) is 5.69 Å². The Hall–Kier alpha value is -2.86. The van der Waals surface area contributed by atoms with Gasteiger partial charge in [-0.05, 0) is 61.7 Å². The first-order valence-electron chi connectivity index (χ1n) is 10.0. The number of carbonyl (C=O) groups is 2. The average molecular weight is 498 g/mol. The number of anilines is 1. The molecule has 0 aliphatic carbocycles. The number of methoxy groups -OCH3 is 1. The van der Waals surface area contributed by atoms with Gasteiger partial charge in [0.2, 0.25) is 10.0 Å². The molecule has 0 spiro atoms. The van der Waals surface area contributed by atoms with E-state index >= 15 is 0 Å². The Labute approximate surface area is 196 Å². The molecule has 33 heavy (non-hydrogen) atoms. The Morgan fingerprint density at radius 2 is 2.09 bits per heavy atom. The molecule has 0 fully saturated rings. The van der Waals surface area contributed by atoms with Crippen LogP contribution in [0.2, 0.25) is 5.02 Å². The van der Waals surface area contributed by atoms with E-state index in [1.165, 1.54) is 25.3 Å². The monoisotopic (exact) mass is 497 g/mol. The number of carboxylic acid groups (broad SMARTS) is 1. The topological polar surface area (TPSA) is 157 Å². The van der Waals surface area contributed by atoms with Crippen LogP contribution in [0.5, 0.6) is 11.5 Å². The maximum Gasteiger partial charge on any atom is 0.322 e. The van der Waals surface area contributed by atoms with Crippen LogP contribution in [0.25, 0.3) is 0 Å². The Kier molecular flexibility index (Phi) is 7.80. The fourth-order valence-corrected chi connectivity index (χ4v) is 4.97. The van der Waals surface area contributed by atoms with Gasteiger partial charge in [0.05, 0.1) is 12.8 Å². The van der Waals surface area contributed by atoms with Crippen molar-refractivity contribution >= 4 is 39.2 Å². The lowest BCUT2D eigenvalue weighted by molar-refractivity contribution is -0.139. The van der Waals surface area contributed by atoms with E-state index in [1.807, 2.05) is 0 Å². The molecule has 3 rings (SSSR count). The summed E-state index contributed by atoms with van der Waals surface area (Å²) in [5.74, 6) is -1.23. The fourth-order valence-electron chi connectivity index (χ4n) is 3.34. The lowest BCUT2D eigenvalue weighted by Crippen LogP contribution is -2.42. The van der Waals surface area contributed by atoms with Gasteiger partial charge in [-0.2, -0.15) is 4.72 Å². The second-order valence-electron chi connectivity index (χ2n) is 7.37. The predicted octanol–water partition coefficient (Wildman–Crippen LogP) is 1.76. The largest absolute Gasteiger partial charge is 0.495 e. The maximum atomic E-state index is 12.9. The van der Waals surface area contributed by atoms with Crippen molar-refractivity contribution in [2.75, 3.05) is 19.0 Å². The number of amides is 1. The van der Waals surface area contributed by atoms with Crippen LogP contribution in [0.1, 0.15) is 18.4 Å². The Balaban J connectivity index is 1.80. The number of carboxylic acids is 1. The Morgan fingerprint density at radius 1 is 1.33 bits per heavy atom.